The summed E-state index contributed by atoms with van der Waals surface area (Å²) in [6.45, 7) is 5.15. The predicted octanol–water partition coefficient (Wildman–Crippen LogP) is 2.60. The Bertz CT molecular complexity index is 939. The second-order valence-corrected chi connectivity index (χ2v) is 6.72. The number of aromatic nitrogens is 2. The van der Waals surface area contributed by atoms with Crippen LogP contribution < -0.4 is 4.74 Å². The van der Waals surface area contributed by atoms with E-state index in [1.54, 1.807) is 19.2 Å². The van der Waals surface area contributed by atoms with Gasteiger partial charge in [0, 0.05) is 31.7 Å². The van der Waals surface area contributed by atoms with Gasteiger partial charge in [-0.3, -0.25) is 9.69 Å². The molecule has 146 valence electrons. The van der Waals surface area contributed by atoms with Crippen LogP contribution in [0.25, 0.3) is 11.4 Å². The number of furan rings is 1. The van der Waals surface area contributed by atoms with Crippen molar-refractivity contribution in [1.29, 1.82) is 0 Å². The third kappa shape index (κ3) is 3.91. The Balaban J connectivity index is 1.32. The Morgan fingerprint density at radius 1 is 1.11 bits per heavy atom. The fraction of sp³-hybridized carbons (Fsp3) is 0.350. The number of methoxy groups -OCH3 is 1. The molecule has 0 aliphatic carbocycles. The van der Waals surface area contributed by atoms with E-state index in [0.717, 1.165) is 30.2 Å². The highest BCUT2D eigenvalue weighted by atomic mass is 16.5. The number of amides is 1. The van der Waals surface area contributed by atoms with E-state index in [1.165, 1.54) is 0 Å². The van der Waals surface area contributed by atoms with Crippen LogP contribution in [0.15, 0.2) is 45.3 Å². The lowest BCUT2D eigenvalue weighted by atomic mass is 10.2. The van der Waals surface area contributed by atoms with Gasteiger partial charge >= 0.3 is 0 Å². The first-order valence-electron chi connectivity index (χ1n) is 9.17. The number of carbonyl (C=O) groups excluding carboxylic acids is 1. The summed E-state index contributed by atoms with van der Waals surface area (Å²) in [5, 5.41) is 4.06. The van der Waals surface area contributed by atoms with Crippen molar-refractivity contribution in [3.8, 4) is 17.1 Å². The van der Waals surface area contributed by atoms with Crippen LogP contribution in [-0.4, -0.2) is 59.1 Å². The summed E-state index contributed by atoms with van der Waals surface area (Å²) in [6, 6.07) is 11.1. The molecule has 1 fully saturated rings. The fourth-order valence-corrected chi connectivity index (χ4v) is 3.18. The highest BCUT2D eigenvalue weighted by Crippen LogP contribution is 2.20. The first kappa shape index (κ1) is 18.2. The maximum absolute atomic E-state index is 12.4. The Morgan fingerprint density at radius 2 is 1.86 bits per heavy atom. The number of piperazine rings is 1. The lowest BCUT2D eigenvalue weighted by Gasteiger charge is -2.33. The lowest BCUT2D eigenvalue weighted by Crippen LogP contribution is -2.48. The molecule has 1 saturated heterocycles. The highest BCUT2D eigenvalue weighted by Gasteiger charge is 2.25. The molecule has 0 atom stereocenters. The van der Waals surface area contributed by atoms with Crippen LogP contribution in [0.5, 0.6) is 5.75 Å². The van der Waals surface area contributed by atoms with E-state index in [-0.39, 0.29) is 5.91 Å². The van der Waals surface area contributed by atoms with E-state index in [2.05, 4.69) is 15.0 Å². The quantitative estimate of drug-likeness (QED) is 0.670. The molecule has 8 heteroatoms. The average molecular weight is 382 g/mol. The number of benzene rings is 1. The monoisotopic (exact) mass is 382 g/mol. The molecule has 3 heterocycles. The van der Waals surface area contributed by atoms with Crippen LogP contribution in [0, 0.1) is 6.92 Å². The van der Waals surface area contributed by atoms with Crippen molar-refractivity contribution >= 4 is 5.91 Å². The van der Waals surface area contributed by atoms with E-state index >= 15 is 0 Å². The highest BCUT2D eigenvalue weighted by molar-refractivity contribution is 5.91. The van der Waals surface area contributed by atoms with E-state index in [4.69, 9.17) is 13.7 Å². The summed E-state index contributed by atoms with van der Waals surface area (Å²) in [4.78, 5) is 20.9. The Hall–Kier alpha value is -3.13. The van der Waals surface area contributed by atoms with Gasteiger partial charge in [-0.25, -0.2) is 0 Å². The molecule has 0 saturated carbocycles. The van der Waals surface area contributed by atoms with Gasteiger partial charge in [0.1, 0.15) is 11.5 Å². The zero-order valence-corrected chi connectivity index (χ0v) is 15.9. The van der Waals surface area contributed by atoms with Gasteiger partial charge in [0.25, 0.3) is 5.91 Å². The number of hydrogen-bond donors (Lipinski definition) is 0. The number of ether oxygens (including phenoxy) is 1. The minimum Gasteiger partial charge on any atom is -0.497 e. The number of hydrogen-bond acceptors (Lipinski definition) is 7. The molecule has 0 radical (unpaired) electrons. The zero-order valence-electron chi connectivity index (χ0n) is 15.9. The topological polar surface area (TPSA) is 84.8 Å². The van der Waals surface area contributed by atoms with E-state index < -0.39 is 0 Å². The van der Waals surface area contributed by atoms with Crippen LogP contribution in [0.3, 0.4) is 0 Å². The van der Waals surface area contributed by atoms with Crippen molar-refractivity contribution in [3.63, 3.8) is 0 Å². The molecular weight excluding hydrogens is 360 g/mol. The number of carbonyl (C=O) groups is 1. The minimum atomic E-state index is -0.0627. The van der Waals surface area contributed by atoms with Crippen LogP contribution in [0.1, 0.15) is 22.2 Å². The molecular formula is C20H22N4O4. The first-order chi connectivity index (χ1) is 13.6. The molecule has 0 N–H and O–H groups in total. The van der Waals surface area contributed by atoms with Crippen LogP contribution in [0.4, 0.5) is 0 Å². The third-order valence-electron chi connectivity index (χ3n) is 4.79. The largest absolute Gasteiger partial charge is 0.497 e. The number of rotatable bonds is 5. The van der Waals surface area contributed by atoms with Gasteiger partial charge < -0.3 is 18.6 Å². The van der Waals surface area contributed by atoms with Gasteiger partial charge in [-0.2, -0.15) is 4.98 Å². The van der Waals surface area contributed by atoms with Crippen molar-refractivity contribution in [1.82, 2.24) is 19.9 Å². The summed E-state index contributed by atoms with van der Waals surface area (Å²) < 4.78 is 16.0. The van der Waals surface area contributed by atoms with Crippen molar-refractivity contribution in [2.24, 2.45) is 0 Å². The minimum absolute atomic E-state index is 0.0627. The third-order valence-corrected chi connectivity index (χ3v) is 4.79. The second kappa shape index (κ2) is 7.85. The normalized spacial score (nSPS) is 15.0. The maximum Gasteiger partial charge on any atom is 0.289 e. The van der Waals surface area contributed by atoms with Crippen LogP contribution in [-0.2, 0) is 6.54 Å². The van der Waals surface area contributed by atoms with Gasteiger partial charge in [-0.1, -0.05) is 5.16 Å². The lowest BCUT2D eigenvalue weighted by molar-refractivity contribution is 0.0583. The van der Waals surface area contributed by atoms with Crippen molar-refractivity contribution < 1.29 is 18.5 Å². The molecule has 1 aliphatic rings. The summed E-state index contributed by atoms with van der Waals surface area (Å²) in [5.74, 6) is 2.97. The number of nitrogens with zero attached hydrogens (tertiary/aromatic N) is 4. The van der Waals surface area contributed by atoms with Gasteiger partial charge in [-0.15, -0.1) is 0 Å². The Morgan fingerprint density at radius 3 is 2.50 bits per heavy atom. The molecule has 8 nitrogen and oxygen atoms in total. The first-order valence-corrected chi connectivity index (χ1v) is 9.17. The molecule has 0 unspecified atom stereocenters. The summed E-state index contributed by atoms with van der Waals surface area (Å²) >= 11 is 0. The standard InChI is InChI=1S/C20H22N4O4/c1-14-3-8-17(27-14)20(25)24-11-9-23(10-12-24)13-18-21-19(22-28-18)15-4-6-16(26-2)7-5-15/h3-8H,9-13H2,1-2H3. The summed E-state index contributed by atoms with van der Waals surface area (Å²) in [5.41, 5.74) is 0.875. The molecule has 1 aliphatic heterocycles. The molecule has 2 aromatic heterocycles. The molecule has 1 amide bonds. The van der Waals surface area contributed by atoms with Crippen molar-refractivity contribution in [2.75, 3.05) is 33.3 Å². The van der Waals surface area contributed by atoms with Crippen LogP contribution in [0.2, 0.25) is 0 Å². The summed E-state index contributed by atoms with van der Waals surface area (Å²) in [6.07, 6.45) is 0. The van der Waals surface area contributed by atoms with E-state index in [9.17, 15) is 4.79 Å². The van der Waals surface area contributed by atoms with Crippen molar-refractivity contribution in [2.45, 2.75) is 13.5 Å². The fourth-order valence-electron chi connectivity index (χ4n) is 3.18. The zero-order chi connectivity index (χ0) is 19.5. The van der Waals surface area contributed by atoms with E-state index in [1.807, 2.05) is 36.1 Å². The van der Waals surface area contributed by atoms with Gasteiger partial charge in [0.2, 0.25) is 11.7 Å². The Kier molecular flexibility index (Phi) is 5.12. The molecule has 0 bridgehead atoms. The van der Waals surface area contributed by atoms with Gasteiger partial charge in [0.05, 0.1) is 13.7 Å². The molecule has 3 aromatic rings. The second-order valence-electron chi connectivity index (χ2n) is 6.72. The van der Waals surface area contributed by atoms with Crippen molar-refractivity contribution in [3.05, 3.63) is 53.8 Å². The number of aryl methyl sites for hydroxylation is 1. The van der Waals surface area contributed by atoms with Gasteiger partial charge in [-0.05, 0) is 43.3 Å². The summed E-state index contributed by atoms with van der Waals surface area (Å²) in [7, 11) is 1.63. The van der Waals surface area contributed by atoms with E-state index in [0.29, 0.717) is 37.1 Å². The Labute approximate surface area is 162 Å². The maximum atomic E-state index is 12.4. The molecule has 4 rings (SSSR count). The SMILES string of the molecule is COc1ccc(-c2noc(CN3CCN(C(=O)c4ccc(C)o4)CC3)n2)cc1. The predicted molar refractivity (Wildman–Crippen MR) is 101 cm³/mol. The smallest absolute Gasteiger partial charge is 0.289 e. The van der Waals surface area contributed by atoms with Crippen LogP contribution >= 0.6 is 0 Å². The molecule has 1 aromatic carbocycles. The molecule has 28 heavy (non-hydrogen) atoms. The average Bonchev–Trinajstić information content (AvgIpc) is 3.37. The van der Waals surface area contributed by atoms with Gasteiger partial charge in [0.15, 0.2) is 5.76 Å². The molecule has 0 spiro atoms.